The first-order valence-corrected chi connectivity index (χ1v) is 5.59. The number of hydrogen-bond acceptors (Lipinski definition) is 4. The van der Waals surface area contributed by atoms with Gasteiger partial charge in [0.1, 0.15) is 5.75 Å². The van der Waals surface area contributed by atoms with Crippen molar-refractivity contribution >= 4 is 11.6 Å². The fourth-order valence-corrected chi connectivity index (χ4v) is 1.48. The number of phenolic OH excluding ortho intramolecular Hbond substituents is 1. The highest BCUT2D eigenvalue weighted by molar-refractivity contribution is 5.99. The number of rotatable bonds is 5. The van der Waals surface area contributed by atoms with Crippen molar-refractivity contribution in [1.29, 1.82) is 0 Å². The van der Waals surface area contributed by atoms with Gasteiger partial charge in [-0.15, -0.1) is 0 Å². The molecule has 1 aromatic carbocycles. The second-order valence-electron chi connectivity index (χ2n) is 3.92. The molecule has 94 valence electrons. The van der Waals surface area contributed by atoms with Gasteiger partial charge >= 0.3 is 0 Å². The number of carbonyl (C=O) groups excluding carboxylic acids is 1. The summed E-state index contributed by atoms with van der Waals surface area (Å²) in [4.78, 5) is 11.7. The first kappa shape index (κ1) is 13.3. The zero-order valence-corrected chi connectivity index (χ0v) is 9.81. The molecule has 0 aliphatic carbocycles. The van der Waals surface area contributed by atoms with Crippen LogP contribution in [0.15, 0.2) is 18.2 Å². The van der Waals surface area contributed by atoms with Gasteiger partial charge in [-0.05, 0) is 24.6 Å². The average Bonchev–Trinajstić information content (AvgIpc) is 2.29. The maximum atomic E-state index is 11.7. The number of anilines is 1. The fraction of sp³-hybridized carbons (Fsp3) is 0.417. The van der Waals surface area contributed by atoms with Crippen molar-refractivity contribution in [2.75, 3.05) is 12.3 Å². The van der Waals surface area contributed by atoms with Gasteiger partial charge in [0, 0.05) is 12.2 Å². The number of carbonyl (C=O) groups is 1. The third-order valence-electron chi connectivity index (χ3n) is 2.40. The smallest absolute Gasteiger partial charge is 0.253 e. The Kier molecular flexibility index (Phi) is 4.78. The first-order valence-electron chi connectivity index (χ1n) is 5.59. The minimum atomic E-state index is -0.553. The largest absolute Gasteiger partial charge is 0.508 e. The minimum absolute atomic E-state index is 0.0153. The van der Waals surface area contributed by atoms with Crippen molar-refractivity contribution in [3.05, 3.63) is 23.8 Å². The van der Waals surface area contributed by atoms with Crippen molar-refractivity contribution in [2.45, 2.75) is 25.9 Å². The number of aliphatic hydroxyl groups is 1. The van der Waals surface area contributed by atoms with Gasteiger partial charge in [-0.25, -0.2) is 0 Å². The maximum Gasteiger partial charge on any atom is 0.253 e. The third kappa shape index (κ3) is 3.96. The summed E-state index contributed by atoms with van der Waals surface area (Å²) in [5.74, 6) is -0.410. The quantitative estimate of drug-likeness (QED) is 0.452. The van der Waals surface area contributed by atoms with Crippen LogP contribution >= 0.6 is 0 Å². The van der Waals surface area contributed by atoms with Crippen molar-refractivity contribution in [2.24, 2.45) is 0 Å². The van der Waals surface area contributed by atoms with Crippen LogP contribution in [-0.4, -0.2) is 28.8 Å². The number of nitrogens with one attached hydrogen (secondary N) is 1. The van der Waals surface area contributed by atoms with Gasteiger partial charge in [-0.1, -0.05) is 13.3 Å². The molecule has 0 fully saturated rings. The van der Waals surface area contributed by atoms with Gasteiger partial charge < -0.3 is 21.3 Å². The predicted octanol–water partition coefficient (Wildman–Crippen LogP) is 0.865. The van der Waals surface area contributed by atoms with Crippen LogP contribution in [0.25, 0.3) is 0 Å². The summed E-state index contributed by atoms with van der Waals surface area (Å²) >= 11 is 0. The zero-order valence-electron chi connectivity index (χ0n) is 9.81. The lowest BCUT2D eigenvalue weighted by Gasteiger charge is -2.11. The van der Waals surface area contributed by atoms with Crippen molar-refractivity contribution in [3.8, 4) is 5.75 Å². The first-order chi connectivity index (χ1) is 8.04. The van der Waals surface area contributed by atoms with E-state index in [0.717, 1.165) is 6.42 Å². The molecule has 17 heavy (non-hydrogen) atoms. The number of nitrogens with two attached hydrogens (primary N) is 1. The van der Waals surface area contributed by atoms with Gasteiger partial charge in [-0.2, -0.15) is 0 Å². The van der Waals surface area contributed by atoms with Crippen LogP contribution in [0.5, 0.6) is 5.75 Å². The maximum absolute atomic E-state index is 11.7. The Morgan fingerprint density at radius 1 is 1.53 bits per heavy atom. The fourth-order valence-electron chi connectivity index (χ4n) is 1.48. The van der Waals surface area contributed by atoms with Crippen molar-refractivity contribution in [3.63, 3.8) is 0 Å². The molecule has 1 atom stereocenters. The van der Waals surface area contributed by atoms with Crippen molar-refractivity contribution < 1.29 is 15.0 Å². The van der Waals surface area contributed by atoms with Gasteiger partial charge in [0.05, 0.1) is 11.7 Å². The molecule has 0 spiro atoms. The number of aliphatic hydroxyl groups excluding tert-OH is 1. The number of benzene rings is 1. The van der Waals surface area contributed by atoms with Crippen LogP contribution < -0.4 is 11.1 Å². The average molecular weight is 238 g/mol. The summed E-state index contributed by atoms with van der Waals surface area (Å²) < 4.78 is 0. The number of nitrogen functional groups attached to an aromatic ring is 1. The summed E-state index contributed by atoms with van der Waals surface area (Å²) in [5, 5.41) is 21.3. The second-order valence-corrected chi connectivity index (χ2v) is 3.92. The molecule has 0 bridgehead atoms. The molecule has 1 amide bonds. The molecule has 1 aromatic rings. The molecule has 0 saturated heterocycles. The Morgan fingerprint density at radius 3 is 2.88 bits per heavy atom. The van der Waals surface area contributed by atoms with E-state index in [4.69, 9.17) is 5.73 Å². The Balaban J connectivity index is 2.61. The van der Waals surface area contributed by atoms with E-state index in [1.54, 1.807) is 0 Å². The Morgan fingerprint density at radius 2 is 2.24 bits per heavy atom. The lowest BCUT2D eigenvalue weighted by Crippen LogP contribution is -2.32. The van der Waals surface area contributed by atoms with Crippen LogP contribution in [0, 0.1) is 0 Å². The molecule has 5 heteroatoms. The van der Waals surface area contributed by atoms with Gasteiger partial charge in [0.2, 0.25) is 0 Å². The van der Waals surface area contributed by atoms with E-state index >= 15 is 0 Å². The monoisotopic (exact) mass is 238 g/mol. The summed E-state index contributed by atoms with van der Waals surface area (Å²) in [5.41, 5.74) is 6.13. The molecule has 5 N–H and O–H groups in total. The molecule has 1 unspecified atom stereocenters. The highest BCUT2D eigenvalue weighted by Crippen LogP contribution is 2.18. The molecule has 1 rings (SSSR count). The second kappa shape index (κ2) is 6.10. The van der Waals surface area contributed by atoms with Crippen LogP contribution in [0.4, 0.5) is 5.69 Å². The highest BCUT2D eigenvalue weighted by Gasteiger charge is 2.11. The van der Waals surface area contributed by atoms with E-state index in [1.807, 2.05) is 6.92 Å². The highest BCUT2D eigenvalue weighted by atomic mass is 16.3. The van der Waals surface area contributed by atoms with E-state index in [2.05, 4.69) is 5.32 Å². The molecule has 0 aromatic heterocycles. The van der Waals surface area contributed by atoms with E-state index in [1.165, 1.54) is 18.2 Å². The van der Waals surface area contributed by atoms with Crippen LogP contribution in [0.2, 0.25) is 0 Å². The van der Waals surface area contributed by atoms with Crippen LogP contribution in [0.1, 0.15) is 30.1 Å². The van der Waals surface area contributed by atoms with Crippen molar-refractivity contribution in [1.82, 2.24) is 5.32 Å². The van der Waals surface area contributed by atoms with E-state index < -0.39 is 12.0 Å². The van der Waals surface area contributed by atoms with E-state index in [-0.39, 0.29) is 17.9 Å². The zero-order chi connectivity index (χ0) is 12.8. The van der Waals surface area contributed by atoms with E-state index in [9.17, 15) is 15.0 Å². The standard InChI is InChI=1S/C12H18N2O3/c1-2-3-9(16)7-14-12(17)10-6-8(15)4-5-11(10)13/h4-6,9,15-16H,2-3,7,13H2,1H3,(H,14,17). The summed E-state index contributed by atoms with van der Waals surface area (Å²) in [6.45, 7) is 2.14. The molecule has 0 aliphatic heterocycles. The van der Waals surface area contributed by atoms with Gasteiger partial charge in [0.25, 0.3) is 5.91 Å². The molecule has 0 saturated carbocycles. The summed E-state index contributed by atoms with van der Waals surface area (Å²) in [7, 11) is 0. The number of aromatic hydroxyl groups is 1. The Bertz CT molecular complexity index is 393. The Hall–Kier alpha value is -1.75. The minimum Gasteiger partial charge on any atom is -0.508 e. The topological polar surface area (TPSA) is 95.6 Å². The number of phenols is 1. The molecule has 0 heterocycles. The summed E-state index contributed by atoms with van der Waals surface area (Å²) in [6, 6.07) is 4.18. The Labute approximate surface area is 100 Å². The normalized spacial score (nSPS) is 12.1. The SMILES string of the molecule is CCCC(O)CNC(=O)c1cc(O)ccc1N. The lowest BCUT2D eigenvalue weighted by atomic mass is 10.1. The number of hydrogen-bond donors (Lipinski definition) is 4. The van der Waals surface area contributed by atoms with Crippen LogP contribution in [-0.2, 0) is 0 Å². The molecule has 0 aliphatic rings. The molecule has 0 radical (unpaired) electrons. The predicted molar refractivity (Wildman–Crippen MR) is 65.8 cm³/mol. The van der Waals surface area contributed by atoms with E-state index in [0.29, 0.717) is 12.1 Å². The van der Waals surface area contributed by atoms with Gasteiger partial charge in [0.15, 0.2) is 0 Å². The van der Waals surface area contributed by atoms with Gasteiger partial charge in [-0.3, -0.25) is 4.79 Å². The molecular weight excluding hydrogens is 220 g/mol. The number of amides is 1. The van der Waals surface area contributed by atoms with Crippen LogP contribution in [0.3, 0.4) is 0 Å². The third-order valence-corrected chi connectivity index (χ3v) is 2.40. The lowest BCUT2D eigenvalue weighted by molar-refractivity contribution is 0.0910. The molecular formula is C12H18N2O3. The molecule has 5 nitrogen and oxygen atoms in total. The summed E-state index contributed by atoms with van der Waals surface area (Å²) in [6.07, 6.45) is 0.934.